The normalized spacial score (nSPS) is 11.1. The maximum Gasteiger partial charge on any atom is 0.167 e. The van der Waals surface area contributed by atoms with E-state index in [-0.39, 0.29) is 0 Å². The highest BCUT2D eigenvalue weighted by molar-refractivity contribution is 5.91. The number of hydrogen-bond donors (Lipinski definition) is 0. The summed E-state index contributed by atoms with van der Waals surface area (Å²) in [7, 11) is 1.66. The van der Waals surface area contributed by atoms with E-state index in [9.17, 15) is 4.79 Å². The third-order valence-corrected chi connectivity index (χ3v) is 4.01. The number of rotatable bonds is 4. The molecule has 2 heterocycles. The molecule has 3 heteroatoms. The number of fused-ring (bicyclic) bond motifs is 1. The topological polar surface area (TPSA) is 30.7 Å². The standard InChI is InChI=1S/C19H19NO2/c1-13(2)14-7-8-19(22-3)17(10-14)16-11-15-6-4-5-9-20(15)18(16)12-21/h4-13H,1-3H3. The van der Waals surface area contributed by atoms with Gasteiger partial charge in [0.2, 0.25) is 0 Å². The minimum atomic E-state index is 0.418. The van der Waals surface area contributed by atoms with Gasteiger partial charge in [0.15, 0.2) is 6.29 Å². The molecule has 0 fully saturated rings. The zero-order valence-electron chi connectivity index (χ0n) is 13.0. The highest BCUT2D eigenvalue weighted by Crippen LogP contribution is 2.36. The number of hydrogen-bond acceptors (Lipinski definition) is 2. The van der Waals surface area contributed by atoms with E-state index in [0.29, 0.717) is 11.6 Å². The predicted octanol–water partition coefficient (Wildman–Crippen LogP) is 4.55. The van der Waals surface area contributed by atoms with Gasteiger partial charge in [-0.05, 0) is 41.8 Å². The van der Waals surface area contributed by atoms with Crippen LogP contribution in [-0.2, 0) is 0 Å². The molecule has 0 saturated carbocycles. The van der Waals surface area contributed by atoms with Crippen LogP contribution < -0.4 is 4.74 Å². The highest BCUT2D eigenvalue weighted by atomic mass is 16.5. The molecule has 0 aliphatic heterocycles. The van der Waals surface area contributed by atoms with Gasteiger partial charge in [0, 0.05) is 22.8 Å². The monoisotopic (exact) mass is 293 g/mol. The van der Waals surface area contributed by atoms with Crippen LogP contribution in [0.5, 0.6) is 5.75 Å². The second kappa shape index (κ2) is 5.68. The van der Waals surface area contributed by atoms with Crippen LogP contribution in [0.15, 0.2) is 48.7 Å². The maximum absolute atomic E-state index is 11.6. The van der Waals surface area contributed by atoms with Crippen molar-refractivity contribution in [3.8, 4) is 16.9 Å². The fourth-order valence-electron chi connectivity index (χ4n) is 2.78. The Morgan fingerprint density at radius 3 is 2.59 bits per heavy atom. The van der Waals surface area contributed by atoms with Gasteiger partial charge in [-0.2, -0.15) is 0 Å². The van der Waals surface area contributed by atoms with Crippen molar-refractivity contribution in [2.45, 2.75) is 19.8 Å². The Morgan fingerprint density at radius 2 is 1.91 bits per heavy atom. The van der Waals surface area contributed by atoms with Crippen LogP contribution in [0.4, 0.5) is 0 Å². The summed E-state index contributed by atoms with van der Waals surface area (Å²) >= 11 is 0. The quantitative estimate of drug-likeness (QED) is 0.661. The highest BCUT2D eigenvalue weighted by Gasteiger charge is 2.16. The Balaban J connectivity index is 2.30. The number of carbonyl (C=O) groups is 1. The van der Waals surface area contributed by atoms with Gasteiger partial charge >= 0.3 is 0 Å². The zero-order valence-corrected chi connectivity index (χ0v) is 13.0. The van der Waals surface area contributed by atoms with Crippen molar-refractivity contribution in [2.75, 3.05) is 7.11 Å². The largest absolute Gasteiger partial charge is 0.496 e. The van der Waals surface area contributed by atoms with Crippen molar-refractivity contribution in [1.29, 1.82) is 0 Å². The molecule has 0 amide bonds. The van der Waals surface area contributed by atoms with Gasteiger partial charge in [0.25, 0.3) is 0 Å². The average molecular weight is 293 g/mol. The van der Waals surface area contributed by atoms with Crippen LogP contribution in [0.3, 0.4) is 0 Å². The predicted molar refractivity (Wildman–Crippen MR) is 88.9 cm³/mol. The van der Waals surface area contributed by atoms with Crippen LogP contribution in [0.2, 0.25) is 0 Å². The molecule has 22 heavy (non-hydrogen) atoms. The molecule has 0 bridgehead atoms. The summed E-state index contributed by atoms with van der Waals surface area (Å²) in [5, 5.41) is 0. The molecule has 3 rings (SSSR count). The number of methoxy groups -OCH3 is 1. The smallest absolute Gasteiger partial charge is 0.167 e. The lowest BCUT2D eigenvalue weighted by Crippen LogP contribution is -1.95. The molecule has 3 nitrogen and oxygen atoms in total. The van der Waals surface area contributed by atoms with Crippen molar-refractivity contribution >= 4 is 11.8 Å². The fraction of sp³-hybridized carbons (Fsp3) is 0.211. The van der Waals surface area contributed by atoms with Crippen LogP contribution in [0.25, 0.3) is 16.6 Å². The summed E-state index contributed by atoms with van der Waals surface area (Å²) in [6.07, 6.45) is 2.81. The Kier molecular flexibility index (Phi) is 3.72. The number of ether oxygens (including phenoxy) is 1. The summed E-state index contributed by atoms with van der Waals surface area (Å²) in [6.45, 7) is 4.31. The zero-order chi connectivity index (χ0) is 15.7. The third-order valence-electron chi connectivity index (χ3n) is 4.01. The second-order valence-electron chi connectivity index (χ2n) is 5.67. The molecule has 0 spiro atoms. The first-order chi connectivity index (χ1) is 10.7. The molecule has 0 unspecified atom stereocenters. The van der Waals surface area contributed by atoms with Gasteiger partial charge in [-0.25, -0.2) is 0 Å². The molecule has 0 aliphatic rings. The minimum Gasteiger partial charge on any atom is -0.496 e. The Morgan fingerprint density at radius 1 is 1.09 bits per heavy atom. The Hall–Kier alpha value is -2.55. The number of aromatic nitrogens is 1. The molecule has 2 aromatic heterocycles. The summed E-state index contributed by atoms with van der Waals surface area (Å²) < 4.78 is 7.41. The van der Waals surface area contributed by atoms with E-state index in [4.69, 9.17) is 4.74 Å². The number of carbonyl (C=O) groups excluding carboxylic acids is 1. The van der Waals surface area contributed by atoms with E-state index in [1.54, 1.807) is 7.11 Å². The molecule has 0 radical (unpaired) electrons. The second-order valence-corrected chi connectivity index (χ2v) is 5.67. The van der Waals surface area contributed by atoms with Crippen LogP contribution in [-0.4, -0.2) is 17.8 Å². The molecule has 112 valence electrons. The van der Waals surface area contributed by atoms with Crippen molar-refractivity contribution in [3.05, 3.63) is 59.9 Å². The molecule has 0 aliphatic carbocycles. The van der Waals surface area contributed by atoms with Crippen LogP contribution >= 0.6 is 0 Å². The molecular weight excluding hydrogens is 274 g/mol. The lowest BCUT2D eigenvalue weighted by atomic mass is 9.96. The van der Waals surface area contributed by atoms with Crippen molar-refractivity contribution in [2.24, 2.45) is 0 Å². The van der Waals surface area contributed by atoms with Crippen LogP contribution in [0.1, 0.15) is 35.8 Å². The van der Waals surface area contributed by atoms with Crippen molar-refractivity contribution < 1.29 is 9.53 Å². The summed E-state index contributed by atoms with van der Waals surface area (Å²) in [5.41, 5.74) is 4.73. The van der Waals surface area contributed by atoms with E-state index >= 15 is 0 Å². The van der Waals surface area contributed by atoms with Gasteiger partial charge in [-0.15, -0.1) is 0 Å². The Bertz CT molecular complexity index is 831. The number of nitrogens with zero attached hydrogens (tertiary/aromatic N) is 1. The van der Waals surface area contributed by atoms with Gasteiger partial charge in [0.1, 0.15) is 5.75 Å². The van der Waals surface area contributed by atoms with Gasteiger partial charge in [0.05, 0.1) is 12.8 Å². The molecule has 0 atom stereocenters. The van der Waals surface area contributed by atoms with E-state index in [0.717, 1.165) is 28.7 Å². The third kappa shape index (κ3) is 2.29. The average Bonchev–Trinajstić information content (AvgIpc) is 2.92. The Labute approximate surface area is 130 Å². The SMILES string of the molecule is COc1ccc(C(C)C)cc1-c1cc2ccccn2c1C=O. The summed E-state index contributed by atoms with van der Waals surface area (Å²) in [6, 6.07) is 14.1. The lowest BCUT2D eigenvalue weighted by Gasteiger charge is -2.12. The van der Waals surface area contributed by atoms with E-state index in [1.807, 2.05) is 40.9 Å². The van der Waals surface area contributed by atoms with E-state index < -0.39 is 0 Å². The molecular formula is C19H19NO2. The first-order valence-electron chi connectivity index (χ1n) is 7.39. The van der Waals surface area contributed by atoms with E-state index in [2.05, 4.69) is 26.0 Å². The van der Waals surface area contributed by atoms with Gasteiger partial charge in [-0.3, -0.25) is 4.79 Å². The minimum absolute atomic E-state index is 0.418. The molecule has 3 aromatic rings. The number of pyridine rings is 1. The van der Waals surface area contributed by atoms with E-state index in [1.165, 1.54) is 5.56 Å². The van der Waals surface area contributed by atoms with Gasteiger partial charge in [-0.1, -0.05) is 26.0 Å². The molecule has 0 N–H and O–H groups in total. The number of aldehydes is 1. The molecule has 1 aromatic carbocycles. The lowest BCUT2D eigenvalue weighted by molar-refractivity contribution is 0.111. The first kappa shape index (κ1) is 14.4. The van der Waals surface area contributed by atoms with Gasteiger partial charge < -0.3 is 9.14 Å². The summed E-state index contributed by atoms with van der Waals surface area (Å²) in [5.74, 6) is 1.20. The maximum atomic E-state index is 11.6. The van der Waals surface area contributed by atoms with Crippen molar-refractivity contribution in [3.63, 3.8) is 0 Å². The fourth-order valence-corrected chi connectivity index (χ4v) is 2.78. The summed E-state index contributed by atoms with van der Waals surface area (Å²) in [4.78, 5) is 11.6. The van der Waals surface area contributed by atoms with Crippen LogP contribution in [0, 0.1) is 0 Å². The van der Waals surface area contributed by atoms with Crippen molar-refractivity contribution in [1.82, 2.24) is 4.40 Å². The number of benzene rings is 1. The first-order valence-corrected chi connectivity index (χ1v) is 7.39. The molecule has 0 saturated heterocycles.